The maximum Gasteiger partial charge on any atom is 0.319 e. The van der Waals surface area contributed by atoms with Gasteiger partial charge in [-0.25, -0.2) is 9.18 Å². The predicted molar refractivity (Wildman–Crippen MR) is 126 cm³/mol. The summed E-state index contributed by atoms with van der Waals surface area (Å²) in [6.45, 7) is 3.60. The number of carbonyl (C=O) groups excluding carboxylic acids is 2. The Morgan fingerprint density at radius 3 is 2.59 bits per heavy atom. The summed E-state index contributed by atoms with van der Waals surface area (Å²) in [5, 5.41) is 14.6. The Morgan fingerprint density at radius 1 is 1.21 bits per heavy atom. The van der Waals surface area contributed by atoms with Gasteiger partial charge >= 0.3 is 6.03 Å². The third-order valence-electron chi connectivity index (χ3n) is 6.62. The minimum Gasteiger partial charge on any atom is -0.376 e. The maximum absolute atomic E-state index is 15.5. The molecule has 2 aliphatic heterocycles. The topological polar surface area (TPSA) is 94.5 Å². The number of ether oxygens (including phenoxy) is 1. The van der Waals surface area contributed by atoms with Gasteiger partial charge in [-0.3, -0.25) is 4.79 Å². The fraction of sp³-hybridized carbons (Fsp3) is 0.423. The van der Waals surface area contributed by atoms with Crippen molar-refractivity contribution in [3.63, 3.8) is 0 Å². The molecule has 0 spiro atoms. The number of alkyl halides is 1. The van der Waals surface area contributed by atoms with E-state index in [1.165, 1.54) is 0 Å². The van der Waals surface area contributed by atoms with E-state index in [1.54, 1.807) is 47.4 Å². The highest BCUT2D eigenvalue weighted by Gasteiger charge is 2.37. The quantitative estimate of drug-likeness (QED) is 0.691. The van der Waals surface area contributed by atoms with E-state index in [0.717, 1.165) is 25.0 Å². The lowest BCUT2D eigenvalue weighted by atomic mass is 9.85. The number of anilines is 1. The highest BCUT2D eigenvalue weighted by Crippen LogP contribution is 2.37. The second-order valence-corrected chi connectivity index (χ2v) is 8.95. The number of rotatable bonds is 5. The zero-order valence-electron chi connectivity index (χ0n) is 19.3. The number of amides is 3. The molecule has 0 unspecified atom stereocenters. The molecule has 2 fully saturated rings. The molecule has 2 aromatic rings. The van der Waals surface area contributed by atoms with Gasteiger partial charge < -0.3 is 20.3 Å². The normalized spacial score (nSPS) is 19.3. The number of aryl methyl sites for hydroxylation is 1. The number of piperidine rings is 1. The first kappa shape index (κ1) is 23.7. The van der Waals surface area contributed by atoms with Gasteiger partial charge in [0, 0.05) is 50.3 Å². The molecule has 178 valence electrons. The van der Waals surface area contributed by atoms with Crippen molar-refractivity contribution in [3.05, 3.63) is 64.7 Å². The molecule has 2 N–H and O–H groups in total. The van der Waals surface area contributed by atoms with E-state index in [2.05, 4.69) is 10.6 Å². The number of hydrogen-bond acceptors (Lipinski definition) is 4. The van der Waals surface area contributed by atoms with E-state index in [1.807, 2.05) is 13.0 Å². The lowest BCUT2D eigenvalue weighted by Gasteiger charge is -2.37. The fourth-order valence-electron chi connectivity index (χ4n) is 4.45. The maximum atomic E-state index is 15.5. The van der Waals surface area contributed by atoms with E-state index in [9.17, 15) is 9.59 Å². The lowest BCUT2D eigenvalue weighted by Crippen LogP contribution is -2.43. The summed E-state index contributed by atoms with van der Waals surface area (Å²) in [4.78, 5) is 27.1. The first-order valence-corrected chi connectivity index (χ1v) is 11.6. The molecular formula is C26H29FN4O3. The third-order valence-corrected chi connectivity index (χ3v) is 6.62. The van der Waals surface area contributed by atoms with Crippen LogP contribution in [0.2, 0.25) is 0 Å². The van der Waals surface area contributed by atoms with Crippen molar-refractivity contribution in [2.75, 3.05) is 31.6 Å². The monoisotopic (exact) mass is 464 g/mol. The summed E-state index contributed by atoms with van der Waals surface area (Å²) in [6.07, 6.45) is 2.36. The van der Waals surface area contributed by atoms with Gasteiger partial charge in [0.05, 0.1) is 17.7 Å². The highest BCUT2D eigenvalue weighted by atomic mass is 19.1. The molecule has 4 rings (SSSR count). The van der Waals surface area contributed by atoms with Gasteiger partial charge in [-0.2, -0.15) is 5.26 Å². The summed E-state index contributed by atoms with van der Waals surface area (Å²) < 4.78 is 21.1. The number of hydrogen-bond donors (Lipinski definition) is 2. The van der Waals surface area contributed by atoms with Crippen LogP contribution in [0.1, 0.15) is 52.7 Å². The SMILES string of the molecule is Cc1ccc(C(=O)N2CCC(F)(c3ccc(C#N)cc3)CC2)cc1NC(=O)NC[C@H]1CCCO1. The first-order valence-electron chi connectivity index (χ1n) is 11.6. The fourth-order valence-corrected chi connectivity index (χ4v) is 4.45. The summed E-state index contributed by atoms with van der Waals surface area (Å²) in [5.41, 5.74) is 1.35. The van der Waals surface area contributed by atoms with Gasteiger partial charge in [0.25, 0.3) is 5.91 Å². The average Bonchev–Trinajstić information content (AvgIpc) is 3.38. The van der Waals surface area contributed by atoms with Crippen LogP contribution < -0.4 is 10.6 Å². The van der Waals surface area contributed by atoms with Crippen LogP contribution in [0.15, 0.2) is 42.5 Å². The molecule has 34 heavy (non-hydrogen) atoms. The number of halogens is 1. The lowest BCUT2D eigenvalue weighted by molar-refractivity contribution is 0.0421. The zero-order valence-corrected chi connectivity index (χ0v) is 19.3. The van der Waals surface area contributed by atoms with E-state index >= 15 is 4.39 Å². The van der Waals surface area contributed by atoms with Gasteiger partial charge in [0.1, 0.15) is 5.67 Å². The van der Waals surface area contributed by atoms with Crippen LogP contribution in [0.5, 0.6) is 0 Å². The molecule has 0 saturated carbocycles. The molecule has 2 saturated heterocycles. The average molecular weight is 465 g/mol. The standard InChI is InChI=1S/C26H29FN4O3/c1-18-4-7-20(15-23(18)30-25(33)29-17-22-3-2-14-34-22)24(32)31-12-10-26(27,11-13-31)21-8-5-19(16-28)6-9-21/h4-9,15,22H,2-3,10-14,17H2,1H3,(H2,29,30,33)/t22-/m1/s1. The van der Waals surface area contributed by atoms with Gasteiger partial charge in [0.2, 0.25) is 0 Å². The second kappa shape index (κ2) is 10.2. The number of benzene rings is 2. The van der Waals surface area contributed by atoms with Crippen LogP contribution in [0.25, 0.3) is 0 Å². The van der Waals surface area contributed by atoms with Crippen molar-refractivity contribution in [3.8, 4) is 6.07 Å². The largest absolute Gasteiger partial charge is 0.376 e. The smallest absolute Gasteiger partial charge is 0.319 e. The number of nitrogens with zero attached hydrogens (tertiary/aromatic N) is 2. The number of likely N-dealkylation sites (tertiary alicyclic amines) is 1. The Kier molecular flexibility index (Phi) is 7.13. The van der Waals surface area contributed by atoms with Gasteiger partial charge in [-0.15, -0.1) is 0 Å². The van der Waals surface area contributed by atoms with E-state index in [-0.39, 0.29) is 44.0 Å². The summed E-state index contributed by atoms with van der Waals surface area (Å²) in [7, 11) is 0. The van der Waals surface area contributed by atoms with Crippen molar-refractivity contribution in [1.82, 2.24) is 10.2 Å². The molecule has 0 bridgehead atoms. The molecule has 3 amide bonds. The van der Waals surface area contributed by atoms with Crippen molar-refractivity contribution in [2.45, 2.75) is 44.4 Å². The van der Waals surface area contributed by atoms with Crippen molar-refractivity contribution < 1.29 is 18.7 Å². The molecule has 2 aromatic carbocycles. The minimum absolute atomic E-state index is 0.0470. The van der Waals surface area contributed by atoms with Crippen molar-refractivity contribution >= 4 is 17.6 Å². The zero-order chi connectivity index (χ0) is 24.1. The molecule has 0 radical (unpaired) electrons. The molecule has 2 heterocycles. The Hall–Kier alpha value is -3.44. The molecule has 0 aliphatic carbocycles. The molecular weight excluding hydrogens is 435 g/mol. The highest BCUT2D eigenvalue weighted by molar-refractivity contribution is 5.97. The van der Waals surface area contributed by atoms with Crippen LogP contribution in [0.3, 0.4) is 0 Å². The van der Waals surface area contributed by atoms with Crippen molar-refractivity contribution in [2.24, 2.45) is 0 Å². The van der Waals surface area contributed by atoms with Gasteiger partial charge in [-0.1, -0.05) is 18.2 Å². The number of urea groups is 1. The predicted octanol–water partition coefficient (Wildman–Crippen LogP) is 4.27. The van der Waals surface area contributed by atoms with Crippen LogP contribution in [-0.4, -0.2) is 49.2 Å². The van der Waals surface area contributed by atoms with Crippen molar-refractivity contribution in [1.29, 1.82) is 5.26 Å². The van der Waals surface area contributed by atoms with E-state index in [0.29, 0.717) is 28.9 Å². The number of nitrogens with one attached hydrogen (secondary N) is 2. The summed E-state index contributed by atoms with van der Waals surface area (Å²) >= 11 is 0. The molecule has 8 heteroatoms. The third kappa shape index (κ3) is 5.37. The molecule has 0 aromatic heterocycles. The van der Waals surface area contributed by atoms with Crippen LogP contribution in [0, 0.1) is 18.3 Å². The first-order chi connectivity index (χ1) is 16.4. The number of carbonyl (C=O) groups is 2. The molecule has 7 nitrogen and oxygen atoms in total. The molecule has 1 atom stereocenters. The van der Waals surface area contributed by atoms with Crippen LogP contribution >= 0.6 is 0 Å². The molecule has 2 aliphatic rings. The summed E-state index contributed by atoms with van der Waals surface area (Å²) in [6, 6.07) is 13.4. The Balaban J connectivity index is 1.36. The van der Waals surface area contributed by atoms with E-state index < -0.39 is 5.67 Å². The van der Waals surface area contributed by atoms with Crippen LogP contribution in [-0.2, 0) is 10.4 Å². The van der Waals surface area contributed by atoms with Gasteiger partial charge in [0.15, 0.2) is 0 Å². The minimum atomic E-state index is -1.52. The summed E-state index contributed by atoms with van der Waals surface area (Å²) in [5.74, 6) is -0.190. The Bertz CT molecular complexity index is 1080. The van der Waals surface area contributed by atoms with Gasteiger partial charge in [-0.05, 0) is 55.2 Å². The number of nitriles is 1. The Labute approximate surface area is 198 Å². The van der Waals surface area contributed by atoms with Crippen LogP contribution in [0.4, 0.5) is 14.9 Å². The Morgan fingerprint density at radius 2 is 1.94 bits per heavy atom. The second-order valence-electron chi connectivity index (χ2n) is 8.95. The van der Waals surface area contributed by atoms with E-state index in [4.69, 9.17) is 10.00 Å².